The molecule has 2 atom stereocenters. The van der Waals surface area contributed by atoms with Crippen molar-refractivity contribution < 1.29 is 19.4 Å². The number of esters is 1. The highest BCUT2D eigenvalue weighted by atomic mass is 16.6. The van der Waals surface area contributed by atoms with Crippen molar-refractivity contribution in [1.82, 2.24) is 19.6 Å². The van der Waals surface area contributed by atoms with Crippen molar-refractivity contribution in [2.24, 2.45) is 11.8 Å². The molecule has 8 nitrogen and oxygen atoms in total. The van der Waals surface area contributed by atoms with Crippen molar-refractivity contribution in [1.29, 1.82) is 0 Å². The fraction of sp³-hybridized carbons (Fsp3) is 0.567. The van der Waals surface area contributed by atoms with E-state index in [4.69, 9.17) is 4.74 Å². The van der Waals surface area contributed by atoms with Crippen molar-refractivity contribution in [2.75, 3.05) is 0 Å². The predicted molar refractivity (Wildman–Crippen MR) is 143 cm³/mol. The van der Waals surface area contributed by atoms with Gasteiger partial charge in [0, 0.05) is 24.2 Å². The quantitative estimate of drug-likeness (QED) is 0.362. The lowest BCUT2D eigenvalue weighted by Crippen LogP contribution is -2.52. The molecular formula is C30H38N4O4. The molecule has 5 rings (SSSR count). The van der Waals surface area contributed by atoms with Crippen molar-refractivity contribution in [3.63, 3.8) is 0 Å². The number of aromatic hydroxyl groups is 1. The maximum Gasteiger partial charge on any atom is 0.317 e. The van der Waals surface area contributed by atoms with Crippen LogP contribution in [-0.2, 0) is 32.6 Å². The number of phenolic OH excluding ortho intramolecular Hbond substituents is 1. The maximum atomic E-state index is 13.5. The fourth-order valence-electron chi connectivity index (χ4n) is 6.25. The molecule has 3 heterocycles. The molecule has 1 aliphatic carbocycles. The van der Waals surface area contributed by atoms with Crippen LogP contribution in [0.5, 0.6) is 5.75 Å². The van der Waals surface area contributed by atoms with Gasteiger partial charge in [-0.15, -0.1) is 5.10 Å². The summed E-state index contributed by atoms with van der Waals surface area (Å²) in [6, 6.07) is 7.63. The largest absolute Gasteiger partial charge is 0.508 e. The standard InChI is InChI=1S/C30H38N4O4/c1-18-14-19(2)34-28(31-18)32-26(33-34)16-22-25(36)17-30(38-27(22)37,21-8-6-7-9-21)13-12-20-10-11-24(35)23(15-20)29(3,4)5/h10-11,14-15,21-22,35H,6-9,12-13,16-17H2,1-5H3. The number of cyclic esters (lactones) is 1. The van der Waals surface area contributed by atoms with Crippen LogP contribution in [0.1, 0.15) is 87.6 Å². The van der Waals surface area contributed by atoms with E-state index in [1.54, 1.807) is 10.6 Å². The highest BCUT2D eigenvalue weighted by molar-refractivity contribution is 6.01. The molecule has 2 aromatic heterocycles. The summed E-state index contributed by atoms with van der Waals surface area (Å²) in [6.07, 6.45) is 5.71. The Hall–Kier alpha value is -3.29. The summed E-state index contributed by atoms with van der Waals surface area (Å²) in [6.45, 7) is 10.0. The molecular weight excluding hydrogens is 480 g/mol. The van der Waals surface area contributed by atoms with Crippen LogP contribution < -0.4 is 0 Å². The minimum atomic E-state index is -0.899. The van der Waals surface area contributed by atoms with Crippen LogP contribution in [0, 0.1) is 25.7 Å². The van der Waals surface area contributed by atoms with Gasteiger partial charge in [-0.2, -0.15) is 4.98 Å². The first-order chi connectivity index (χ1) is 17.9. The van der Waals surface area contributed by atoms with Crippen LogP contribution in [0.3, 0.4) is 0 Å². The molecule has 2 aliphatic rings. The number of hydrogen-bond acceptors (Lipinski definition) is 7. The average molecular weight is 519 g/mol. The summed E-state index contributed by atoms with van der Waals surface area (Å²) >= 11 is 0. The number of carbonyl (C=O) groups excluding carboxylic acids is 2. The van der Waals surface area contributed by atoms with Gasteiger partial charge in [-0.25, -0.2) is 9.50 Å². The second kappa shape index (κ2) is 9.79. The van der Waals surface area contributed by atoms with Crippen LogP contribution >= 0.6 is 0 Å². The lowest BCUT2D eigenvalue weighted by atomic mass is 9.73. The topological polar surface area (TPSA) is 107 Å². The van der Waals surface area contributed by atoms with E-state index < -0.39 is 17.5 Å². The molecule has 0 amide bonds. The van der Waals surface area contributed by atoms with Crippen molar-refractivity contribution in [3.8, 4) is 5.75 Å². The summed E-state index contributed by atoms with van der Waals surface area (Å²) in [5.41, 5.74) is 2.72. The molecule has 2 fully saturated rings. The first kappa shape index (κ1) is 26.3. The van der Waals surface area contributed by atoms with Gasteiger partial charge < -0.3 is 9.84 Å². The molecule has 0 bridgehead atoms. The van der Waals surface area contributed by atoms with E-state index in [1.165, 1.54) is 0 Å². The Kier molecular flexibility index (Phi) is 6.78. The molecule has 2 unspecified atom stereocenters. The number of carbonyl (C=O) groups is 2. The second-order valence-corrected chi connectivity index (χ2v) is 12.2. The van der Waals surface area contributed by atoms with Gasteiger partial charge in [-0.3, -0.25) is 9.59 Å². The average Bonchev–Trinajstić information content (AvgIpc) is 3.51. The Morgan fingerprint density at radius 2 is 1.84 bits per heavy atom. The van der Waals surface area contributed by atoms with E-state index in [0.29, 0.717) is 24.4 Å². The smallest absolute Gasteiger partial charge is 0.317 e. The number of fused-ring (bicyclic) bond motifs is 1. The number of nitrogens with zero attached hydrogens (tertiary/aromatic N) is 4. The third-order valence-corrected chi connectivity index (χ3v) is 8.30. The molecule has 1 saturated carbocycles. The van der Waals surface area contributed by atoms with E-state index in [-0.39, 0.29) is 35.7 Å². The second-order valence-electron chi connectivity index (χ2n) is 12.2. The number of rotatable bonds is 6. The van der Waals surface area contributed by atoms with Crippen LogP contribution in [0.2, 0.25) is 0 Å². The third-order valence-electron chi connectivity index (χ3n) is 8.30. The molecule has 202 valence electrons. The van der Waals surface area contributed by atoms with Crippen molar-refractivity contribution in [2.45, 2.75) is 97.0 Å². The van der Waals surface area contributed by atoms with E-state index in [9.17, 15) is 14.7 Å². The molecule has 1 aliphatic heterocycles. The SMILES string of the molecule is Cc1cc(C)n2nc(CC3C(=O)CC(CCc4ccc(O)c(C(C)(C)C)c4)(C4CCCC4)OC3=O)nc2n1. The number of ether oxygens (including phenoxy) is 1. The predicted octanol–water partition coefficient (Wildman–Crippen LogP) is 4.98. The Morgan fingerprint density at radius 3 is 2.53 bits per heavy atom. The molecule has 1 aromatic carbocycles. The first-order valence-corrected chi connectivity index (χ1v) is 13.7. The number of benzene rings is 1. The van der Waals surface area contributed by atoms with Gasteiger partial charge in [0.2, 0.25) is 0 Å². The summed E-state index contributed by atoms with van der Waals surface area (Å²) in [7, 11) is 0. The van der Waals surface area contributed by atoms with Gasteiger partial charge in [0.1, 0.15) is 17.3 Å². The van der Waals surface area contributed by atoms with Gasteiger partial charge >= 0.3 is 5.97 Å². The molecule has 1 N–H and O–H groups in total. The Labute approximate surface area is 223 Å². The minimum absolute atomic E-state index is 0.0889. The third kappa shape index (κ3) is 5.05. The number of hydrogen-bond donors (Lipinski definition) is 1. The van der Waals surface area contributed by atoms with Crippen LogP contribution in [0.4, 0.5) is 0 Å². The Bertz CT molecular complexity index is 1360. The molecule has 0 spiro atoms. The van der Waals surface area contributed by atoms with Gasteiger partial charge in [0.15, 0.2) is 11.6 Å². The zero-order chi connectivity index (χ0) is 27.2. The number of phenols is 1. The summed E-state index contributed by atoms with van der Waals surface area (Å²) in [5.74, 6) is -0.0901. The highest BCUT2D eigenvalue weighted by Gasteiger charge is 2.51. The van der Waals surface area contributed by atoms with E-state index in [2.05, 4.69) is 35.8 Å². The monoisotopic (exact) mass is 518 g/mol. The maximum absolute atomic E-state index is 13.5. The summed E-state index contributed by atoms with van der Waals surface area (Å²) in [5, 5.41) is 14.9. The lowest BCUT2D eigenvalue weighted by Gasteiger charge is -2.43. The van der Waals surface area contributed by atoms with Crippen molar-refractivity contribution >= 4 is 17.5 Å². The molecule has 1 saturated heterocycles. The first-order valence-electron chi connectivity index (χ1n) is 13.7. The van der Waals surface area contributed by atoms with Crippen LogP contribution in [0.15, 0.2) is 24.3 Å². The molecule has 0 radical (unpaired) electrons. The van der Waals surface area contributed by atoms with E-state index in [0.717, 1.165) is 48.2 Å². The van der Waals surface area contributed by atoms with Crippen molar-refractivity contribution in [3.05, 3.63) is 52.6 Å². The van der Waals surface area contributed by atoms with Crippen LogP contribution in [0.25, 0.3) is 5.78 Å². The number of aryl methyl sites for hydroxylation is 3. The van der Waals surface area contributed by atoms with Gasteiger partial charge in [0.05, 0.1) is 0 Å². The molecule has 3 aromatic rings. The van der Waals surface area contributed by atoms with E-state index in [1.807, 2.05) is 32.0 Å². The van der Waals surface area contributed by atoms with Gasteiger partial charge in [-0.05, 0) is 74.1 Å². The van der Waals surface area contributed by atoms with Crippen LogP contribution in [-0.4, -0.2) is 42.0 Å². The minimum Gasteiger partial charge on any atom is -0.508 e. The van der Waals surface area contributed by atoms with Gasteiger partial charge in [0.25, 0.3) is 5.78 Å². The normalized spacial score (nSPS) is 22.8. The lowest BCUT2D eigenvalue weighted by molar-refractivity contribution is -0.185. The Morgan fingerprint density at radius 1 is 1.11 bits per heavy atom. The number of ketones is 1. The van der Waals surface area contributed by atoms with E-state index >= 15 is 0 Å². The highest BCUT2D eigenvalue weighted by Crippen LogP contribution is 2.45. The Balaban J connectivity index is 1.36. The fourth-order valence-corrected chi connectivity index (χ4v) is 6.25. The summed E-state index contributed by atoms with van der Waals surface area (Å²) in [4.78, 5) is 35.9. The zero-order valence-electron chi connectivity index (χ0n) is 23.1. The van der Waals surface area contributed by atoms with Gasteiger partial charge in [-0.1, -0.05) is 45.7 Å². The molecule has 38 heavy (non-hydrogen) atoms. The number of aromatic nitrogens is 4. The number of Topliss-reactive ketones (excluding diaryl/α,β-unsaturated/α-hetero) is 1. The zero-order valence-corrected chi connectivity index (χ0v) is 23.1. The summed E-state index contributed by atoms with van der Waals surface area (Å²) < 4.78 is 7.93. The molecule has 8 heteroatoms.